The summed E-state index contributed by atoms with van der Waals surface area (Å²) in [6, 6.07) is 0. The van der Waals surface area contributed by atoms with E-state index in [0.29, 0.717) is 25.4 Å². The third-order valence-corrected chi connectivity index (χ3v) is 4.29. The standard InChI is InChI=1S/C16H22O5.C7H14/c1-4-16(18)20-12-8-6-5-7-11-19-14(2)9-10-15(3)21-13-17;1-7-5-3-2-4-6-7/h4,9-10,13H,1-3,5-8,11-12H2;7H,2-6H2,1H3/b10-9-;. The Labute approximate surface area is 170 Å². The molecule has 158 valence electrons. The molecule has 0 atom stereocenters. The van der Waals surface area contributed by atoms with Crippen LogP contribution in [0.15, 0.2) is 49.5 Å². The lowest BCUT2D eigenvalue weighted by Gasteiger charge is -2.15. The molecule has 0 saturated heterocycles. The maximum atomic E-state index is 10.8. The number of hydrogen-bond acceptors (Lipinski definition) is 5. The third kappa shape index (κ3) is 17.1. The third-order valence-electron chi connectivity index (χ3n) is 4.29. The molecule has 1 rings (SSSR count). The van der Waals surface area contributed by atoms with Gasteiger partial charge in [-0.25, -0.2) is 4.79 Å². The number of ether oxygens (including phenoxy) is 3. The van der Waals surface area contributed by atoms with Crippen LogP contribution >= 0.6 is 0 Å². The van der Waals surface area contributed by atoms with Crippen molar-refractivity contribution in [3.8, 4) is 0 Å². The van der Waals surface area contributed by atoms with Gasteiger partial charge in [0, 0.05) is 6.08 Å². The molecular formula is C23H36O5. The summed E-state index contributed by atoms with van der Waals surface area (Å²) in [6.45, 7) is 14.2. The molecule has 0 aromatic carbocycles. The van der Waals surface area contributed by atoms with Crippen LogP contribution in [0.25, 0.3) is 0 Å². The molecule has 0 amide bonds. The maximum Gasteiger partial charge on any atom is 0.330 e. The van der Waals surface area contributed by atoms with Gasteiger partial charge in [-0.1, -0.05) is 58.8 Å². The number of carbonyl (C=O) groups excluding carboxylic acids is 2. The predicted molar refractivity (Wildman–Crippen MR) is 112 cm³/mol. The van der Waals surface area contributed by atoms with Gasteiger partial charge in [0.2, 0.25) is 0 Å². The van der Waals surface area contributed by atoms with E-state index in [-0.39, 0.29) is 11.7 Å². The lowest BCUT2D eigenvalue weighted by molar-refractivity contribution is -0.137. The fourth-order valence-corrected chi connectivity index (χ4v) is 2.63. The molecule has 28 heavy (non-hydrogen) atoms. The van der Waals surface area contributed by atoms with Gasteiger partial charge in [-0.05, 0) is 43.8 Å². The maximum absolute atomic E-state index is 10.8. The highest BCUT2D eigenvalue weighted by Gasteiger charge is 2.06. The zero-order chi connectivity index (χ0) is 21.0. The van der Waals surface area contributed by atoms with E-state index >= 15 is 0 Å². The van der Waals surface area contributed by atoms with Crippen LogP contribution in [-0.4, -0.2) is 25.7 Å². The highest BCUT2D eigenvalue weighted by molar-refractivity contribution is 5.81. The topological polar surface area (TPSA) is 61.8 Å². The highest BCUT2D eigenvalue weighted by Crippen LogP contribution is 2.22. The Hall–Kier alpha value is -2.30. The molecule has 0 unspecified atom stereocenters. The van der Waals surface area contributed by atoms with Crippen LogP contribution in [0.1, 0.15) is 64.7 Å². The molecule has 5 heteroatoms. The Balaban J connectivity index is 0.000000861. The monoisotopic (exact) mass is 392 g/mol. The normalized spacial score (nSPS) is 13.8. The average molecular weight is 393 g/mol. The lowest BCUT2D eigenvalue weighted by atomic mass is 9.91. The Bertz CT molecular complexity index is 501. The lowest BCUT2D eigenvalue weighted by Crippen LogP contribution is -2.01. The Kier molecular flexibility index (Phi) is 16.6. The van der Waals surface area contributed by atoms with Gasteiger partial charge in [0.15, 0.2) is 0 Å². The molecule has 0 aromatic heterocycles. The number of carbonyl (C=O) groups is 2. The van der Waals surface area contributed by atoms with Crippen LogP contribution < -0.4 is 0 Å². The van der Waals surface area contributed by atoms with E-state index < -0.39 is 0 Å². The van der Waals surface area contributed by atoms with E-state index in [1.54, 1.807) is 6.08 Å². The van der Waals surface area contributed by atoms with E-state index in [0.717, 1.165) is 37.7 Å². The molecule has 0 N–H and O–H groups in total. The largest absolute Gasteiger partial charge is 0.494 e. The zero-order valence-corrected chi connectivity index (χ0v) is 17.3. The van der Waals surface area contributed by atoms with Crippen molar-refractivity contribution in [3.63, 3.8) is 0 Å². The number of esters is 1. The second kappa shape index (κ2) is 18.1. The fourth-order valence-electron chi connectivity index (χ4n) is 2.63. The molecule has 1 saturated carbocycles. The summed E-state index contributed by atoms with van der Waals surface area (Å²) < 4.78 is 14.7. The molecule has 0 bridgehead atoms. The van der Waals surface area contributed by atoms with Crippen molar-refractivity contribution in [2.75, 3.05) is 13.2 Å². The summed E-state index contributed by atoms with van der Waals surface area (Å²) in [5.74, 6) is 1.35. The quantitative estimate of drug-likeness (QED) is 0.101. The highest BCUT2D eigenvalue weighted by atomic mass is 16.5. The van der Waals surface area contributed by atoms with Gasteiger partial charge in [0.05, 0.1) is 13.2 Å². The molecule has 1 aliphatic carbocycles. The average Bonchev–Trinajstić information content (AvgIpc) is 2.69. The molecule has 0 aromatic rings. The van der Waals surface area contributed by atoms with Gasteiger partial charge >= 0.3 is 5.97 Å². The minimum Gasteiger partial charge on any atom is -0.494 e. The summed E-state index contributed by atoms with van der Waals surface area (Å²) in [6.07, 6.45) is 15.3. The van der Waals surface area contributed by atoms with Crippen LogP contribution in [0.5, 0.6) is 0 Å². The molecule has 0 heterocycles. The van der Waals surface area contributed by atoms with Gasteiger partial charge in [0.25, 0.3) is 6.47 Å². The van der Waals surface area contributed by atoms with Crippen LogP contribution in [0, 0.1) is 5.92 Å². The minimum absolute atomic E-state index is 0.226. The molecule has 1 fully saturated rings. The summed E-state index contributed by atoms with van der Waals surface area (Å²) >= 11 is 0. The number of allylic oxidation sites excluding steroid dienone is 2. The van der Waals surface area contributed by atoms with E-state index in [4.69, 9.17) is 9.47 Å². The van der Waals surface area contributed by atoms with Crippen LogP contribution in [-0.2, 0) is 23.8 Å². The molecule has 0 spiro atoms. The second-order valence-electron chi connectivity index (χ2n) is 6.86. The predicted octanol–water partition coefficient (Wildman–Crippen LogP) is 5.64. The summed E-state index contributed by atoms with van der Waals surface area (Å²) in [7, 11) is 0. The SMILES string of the molecule is C=CC(=O)OCCCCCCOC(=C)/C=C\C(=C)OC=O.CC1CCCCC1. The van der Waals surface area contributed by atoms with Crippen molar-refractivity contribution in [2.24, 2.45) is 5.92 Å². The van der Waals surface area contributed by atoms with Crippen molar-refractivity contribution < 1.29 is 23.8 Å². The summed E-state index contributed by atoms with van der Waals surface area (Å²) in [4.78, 5) is 20.8. The zero-order valence-electron chi connectivity index (χ0n) is 17.3. The first-order chi connectivity index (χ1) is 13.5. The van der Waals surface area contributed by atoms with Gasteiger partial charge in [-0.2, -0.15) is 0 Å². The van der Waals surface area contributed by atoms with Crippen LogP contribution in [0.3, 0.4) is 0 Å². The minimum atomic E-state index is -0.387. The molecule has 1 aliphatic rings. The van der Waals surface area contributed by atoms with Crippen molar-refractivity contribution in [1.29, 1.82) is 0 Å². The van der Waals surface area contributed by atoms with Crippen molar-refractivity contribution in [1.82, 2.24) is 0 Å². The summed E-state index contributed by atoms with van der Waals surface area (Å²) in [5.41, 5.74) is 0. The fraction of sp³-hybridized carbons (Fsp3) is 0.565. The van der Waals surface area contributed by atoms with E-state index in [1.807, 2.05) is 0 Å². The number of hydrogen-bond donors (Lipinski definition) is 0. The van der Waals surface area contributed by atoms with E-state index in [2.05, 4.69) is 31.4 Å². The van der Waals surface area contributed by atoms with E-state index in [9.17, 15) is 9.59 Å². The van der Waals surface area contributed by atoms with Gasteiger partial charge < -0.3 is 14.2 Å². The van der Waals surface area contributed by atoms with Crippen molar-refractivity contribution in [2.45, 2.75) is 64.7 Å². The summed E-state index contributed by atoms with van der Waals surface area (Å²) in [5, 5.41) is 0. The first-order valence-corrected chi connectivity index (χ1v) is 10.1. The Morgan fingerprint density at radius 3 is 2.00 bits per heavy atom. The van der Waals surface area contributed by atoms with Gasteiger partial charge in [0.1, 0.15) is 11.5 Å². The first kappa shape index (κ1) is 25.7. The second-order valence-corrected chi connectivity index (χ2v) is 6.86. The Morgan fingerprint density at radius 1 is 0.929 bits per heavy atom. The van der Waals surface area contributed by atoms with Crippen LogP contribution in [0.4, 0.5) is 0 Å². The van der Waals surface area contributed by atoms with Gasteiger partial charge in [-0.15, -0.1) is 0 Å². The molecular weight excluding hydrogens is 356 g/mol. The van der Waals surface area contributed by atoms with Crippen LogP contribution in [0.2, 0.25) is 0 Å². The Morgan fingerprint density at radius 2 is 1.50 bits per heavy atom. The number of rotatable bonds is 13. The van der Waals surface area contributed by atoms with Crippen molar-refractivity contribution >= 4 is 12.4 Å². The molecule has 0 aliphatic heterocycles. The molecule has 5 nitrogen and oxygen atoms in total. The first-order valence-electron chi connectivity index (χ1n) is 10.1. The smallest absolute Gasteiger partial charge is 0.330 e. The van der Waals surface area contributed by atoms with E-state index in [1.165, 1.54) is 38.2 Å². The molecule has 0 radical (unpaired) electrons. The number of unbranched alkanes of at least 4 members (excludes halogenated alkanes) is 3. The van der Waals surface area contributed by atoms with Gasteiger partial charge in [-0.3, -0.25) is 4.79 Å². The van der Waals surface area contributed by atoms with Crippen molar-refractivity contribution in [3.05, 3.63) is 49.5 Å².